The number of allylic oxidation sites excluding steroid dienone is 2. The number of likely N-dealkylation sites (N-methyl/N-ethyl adjacent to an activating group) is 1. The van der Waals surface area contributed by atoms with E-state index < -0.39 is 0 Å². The highest BCUT2D eigenvalue weighted by atomic mass is 15.4. The Morgan fingerprint density at radius 2 is 2.32 bits per heavy atom. The van der Waals surface area contributed by atoms with Crippen molar-refractivity contribution in [3.05, 3.63) is 47.7 Å². The molecule has 0 saturated carbocycles. The van der Waals surface area contributed by atoms with E-state index in [9.17, 15) is 5.26 Å². The van der Waals surface area contributed by atoms with E-state index in [1.807, 2.05) is 13.1 Å². The van der Waals surface area contributed by atoms with Gasteiger partial charge in [0, 0.05) is 38.1 Å². The maximum absolute atomic E-state index is 9.34. The fourth-order valence-corrected chi connectivity index (χ4v) is 2.38. The van der Waals surface area contributed by atoms with Crippen LogP contribution in [0.1, 0.15) is 16.7 Å². The van der Waals surface area contributed by atoms with Crippen LogP contribution < -0.4 is 10.7 Å². The molecule has 2 N–H and O–H groups in total. The zero-order chi connectivity index (χ0) is 14.0. The minimum Gasteiger partial charge on any atom is -0.374 e. The Balaban J connectivity index is 2.58. The van der Waals surface area contributed by atoms with Crippen LogP contribution in [-0.4, -0.2) is 25.6 Å². The molecule has 0 atom stereocenters. The molecule has 0 bridgehead atoms. The largest absolute Gasteiger partial charge is 0.374 e. The van der Waals surface area contributed by atoms with Gasteiger partial charge in [-0.3, -0.25) is 0 Å². The fourth-order valence-electron chi connectivity index (χ4n) is 2.38. The van der Waals surface area contributed by atoms with Crippen molar-refractivity contribution in [2.24, 2.45) is 5.84 Å². The van der Waals surface area contributed by atoms with Gasteiger partial charge in [0.05, 0.1) is 11.6 Å². The van der Waals surface area contributed by atoms with Crippen LogP contribution in [0.5, 0.6) is 0 Å². The van der Waals surface area contributed by atoms with Gasteiger partial charge in [0.1, 0.15) is 0 Å². The zero-order valence-electron chi connectivity index (χ0n) is 11.3. The summed E-state index contributed by atoms with van der Waals surface area (Å²) in [7, 11) is 3.79. The molecule has 1 aromatic rings. The summed E-state index contributed by atoms with van der Waals surface area (Å²) in [6, 6.07) is 6.29. The fraction of sp³-hybridized carbons (Fsp3) is 0.267. The van der Waals surface area contributed by atoms with Crippen molar-refractivity contribution in [1.82, 2.24) is 5.01 Å². The van der Waals surface area contributed by atoms with Crippen LogP contribution in [-0.2, 0) is 6.42 Å². The van der Waals surface area contributed by atoms with Gasteiger partial charge in [-0.25, -0.2) is 5.84 Å². The van der Waals surface area contributed by atoms with E-state index in [4.69, 9.17) is 5.84 Å². The lowest BCUT2D eigenvalue weighted by Gasteiger charge is -2.15. The third-order valence-electron chi connectivity index (χ3n) is 3.34. The quantitative estimate of drug-likeness (QED) is 0.508. The van der Waals surface area contributed by atoms with Crippen LogP contribution in [0, 0.1) is 11.3 Å². The first-order valence-corrected chi connectivity index (χ1v) is 6.17. The van der Waals surface area contributed by atoms with E-state index in [0.717, 1.165) is 29.8 Å². The maximum atomic E-state index is 9.34. The molecule has 1 aliphatic heterocycles. The van der Waals surface area contributed by atoms with Crippen LogP contribution in [0.25, 0.3) is 5.57 Å². The molecular weight excluding hydrogens is 236 g/mol. The van der Waals surface area contributed by atoms with Gasteiger partial charge in [0.25, 0.3) is 0 Å². The predicted octanol–water partition coefficient (Wildman–Crippen LogP) is 1.88. The molecule has 4 nitrogen and oxygen atoms in total. The SMILES string of the molecule is C=C/C(=C\N(C)N)c1cc2c(cc1C#N)N(C)CC2. The van der Waals surface area contributed by atoms with Crippen molar-refractivity contribution in [1.29, 1.82) is 5.26 Å². The summed E-state index contributed by atoms with van der Waals surface area (Å²) in [5.74, 6) is 5.65. The third-order valence-corrected chi connectivity index (χ3v) is 3.34. The van der Waals surface area contributed by atoms with Gasteiger partial charge in [0.2, 0.25) is 0 Å². The third kappa shape index (κ3) is 2.47. The highest BCUT2D eigenvalue weighted by molar-refractivity contribution is 5.80. The molecule has 0 radical (unpaired) electrons. The van der Waals surface area contributed by atoms with Gasteiger partial charge in [-0.15, -0.1) is 0 Å². The normalized spacial score (nSPS) is 14.0. The van der Waals surface area contributed by atoms with Gasteiger partial charge < -0.3 is 9.91 Å². The predicted molar refractivity (Wildman–Crippen MR) is 78.3 cm³/mol. The standard InChI is InChI=1S/C15H18N4/c1-4-11(10-19(3)17)14-7-12-5-6-18(2)15(12)8-13(14)9-16/h4,7-8,10H,1,5-6,17H2,2-3H3/b11-10+. The summed E-state index contributed by atoms with van der Waals surface area (Å²) in [5.41, 5.74) is 4.82. The van der Waals surface area contributed by atoms with Crippen LogP contribution >= 0.6 is 0 Å². The average molecular weight is 254 g/mol. The van der Waals surface area contributed by atoms with Crippen molar-refractivity contribution >= 4 is 11.3 Å². The number of nitrogens with two attached hydrogens (primary N) is 1. The number of rotatable bonds is 3. The van der Waals surface area contributed by atoms with Gasteiger partial charge in [-0.2, -0.15) is 5.26 Å². The molecule has 0 saturated heterocycles. The summed E-state index contributed by atoms with van der Waals surface area (Å²) in [6.07, 6.45) is 4.51. The Bertz CT molecular complexity index is 579. The van der Waals surface area contributed by atoms with Crippen LogP contribution in [0.2, 0.25) is 0 Å². The number of anilines is 1. The number of benzene rings is 1. The molecule has 19 heavy (non-hydrogen) atoms. The van der Waals surface area contributed by atoms with Crippen molar-refractivity contribution in [3.8, 4) is 6.07 Å². The number of nitrogens with zero attached hydrogens (tertiary/aromatic N) is 3. The minimum atomic E-state index is 0.653. The lowest BCUT2D eigenvalue weighted by atomic mass is 9.97. The molecule has 0 spiro atoms. The lowest BCUT2D eigenvalue weighted by Crippen LogP contribution is -2.19. The van der Waals surface area contributed by atoms with Crippen LogP contribution in [0.15, 0.2) is 31.0 Å². The number of hydrazine groups is 1. The molecule has 0 aliphatic carbocycles. The number of hydrogen-bond donors (Lipinski definition) is 1. The Labute approximate surface area is 114 Å². The summed E-state index contributed by atoms with van der Waals surface area (Å²) >= 11 is 0. The molecule has 98 valence electrons. The average Bonchev–Trinajstić information content (AvgIpc) is 2.75. The van der Waals surface area contributed by atoms with Crippen molar-refractivity contribution in [3.63, 3.8) is 0 Å². The number of nitriles is 1. The van der Waals surface area contributed by atoms with Gasteiger partial charge in [0.15, 0.2) is 0 Å². The first kappa shape index (κ1) is 13.2. The molecule has 2 rings (SSSR count). The van der Waals surface area contributed by atoms with Gasteiger partial charge in [-0.1, -0.05) is 12.7 Å². The highest BCUT2D eigenvalue weighted by Crippen LogP contribution is 2.32. The van der Waals surface area contributed by atoms with Crippen LogP contribution in [0.3, 0.4) is 0 Å². The zero-order valence-corrected chi connectivity index (χ0v) is 11.3. The maximum Gasteiger partial charge on any atom is 0.0998 e. The molecule has 1 heterocycles. The molecule has 1 aromatic carbocycles. The molecule has 0 fully saturated rings. The first-order valence-electron chi connectivity index (χ1n) is 6.17. The summed E-state index contributed by atoms with van der Waals surface area (Å²) < 4.78 is 0. The molecule has 1 aliphatic rings. The second kappa shape index (κ2) is 5.17. The van der Waals surface area contributed by atoms with E-state index in [0.29, 0.717) is 5.56 Å². The molecule has 0 unspecified atom stereocenters. The smallest absolute Gasteiger partial charge is 0.0998 e. The molecular formula is C15H18N4. The first-order chi connectivity index (χ1) is 9.06. The van der Waals surface area contributed by atoms with E-state index in [-0.39, 0.29) is 0 Å². The Kier molecular flexibility index (Phi) is 3.59. The summed E-state index contributed by atoms with van der Waals surface area (Å²) in [4.78, 5) is 2.17. The van der Waals surface area contributed by atoms with E-state index in [1.165, 1.54) is 10.6 Å². The molecule has 0 amide bonds. The second-order valence-electron chi connectivity index (χ2n) is 4.76. The lowest BCUT2D eigenvalue weighted by molar-refractivity contribution is 0.487. The minimum absolute atomic E-state index is 0.653. The Morgan fingerprint density at radius 1 is 1.58 bits per heavy atom. The van der Waals surface area contributed by atoms with E-state index in [1.54, 1.807) is 19.3 Å². The highest BCUT2D eigenvalue weighted by Gasteiger charge is 2.19. The Morgan fingerprint density at radius 3 is 2.89 bits per heavy atom. The molecule has 4 heteroatoms. The molecule has 0 aromatic heterocycles. The van der Waals surface area contributed by atoms with Crippen molar-refractivity contribution in [2.45, 2.75) is 6.42 Å². The monoisotopic (exact) mass is 254 g/mol. The summed E-state index contributed by atoms with van der Waals surface area (Å²) in [6.45, 7) is 4.80. The van der Waals surface area contributed by atoms with Crippen molar-refractivity contribution < 1.29 is 0 Å². The van der Waals surface area contributed by atoms with Crippen molar-refractivity contribution in [2.75, 3.05) is 25.5 Å². The van der Waals surface area contributed by atoms with E-state index in [2.05, 4.69) is 23.6 Å². The van der Waals surface area contributed by atoms with Gasteiger partial charge >= 0.3 is 0 Å². The Hall–Kier alpha value is -2.25. The van der Waals surface area contributed by atoms with E-state index >= 15 is 0 Å². The van der Waals surface area contributed by atoms with Gasteiger partial charge in [-0.05, 0) is 29.7 Å². The number of fused-ring (bicyclic) bond motifs is 1. The topological polar surface area (TPSA) is 56.3 Å². The summed E-state index contributed by atoms with van der Waals surface area (Å²) in [5, 5.41) is 10.8. The van der Waals surface area contributed by atoms with Crippen LogP contribution in [0.4, 0.5) is 5.69 Å². The number of hydrogen-bond acceptors (Lipinski definition) is 4. The second-order valence-corrected chi connectivity index (χ2v) is 4.76.